The van der Waals surface area contributed by atoms with Gasteiger partial charge in [-0.25, -0.2) is 79.0 Å². The van der Waals surface area contributed by atoms with Crippen LogP contribution in [0, 0.1) is 55.7 Å². The van der Waals surface area contributed by atoms with Crippen LogP contribution in [0.2, 0.25) is 5.15 Å². The zero-order chi connectivity index (χ0) is 104. The van der Waals surface area contributed by atoms with E-state index in [9.17, 15) is 37.5 Å². The van der Waals surface area contributed by atoms with Crippen LogP contribution in [0.25, 0.3) is 72.7 Å². The number of rotatable bonds is 13. The molecule has 0 radical (unpaired) electrons. The largest absolute Gasteiger partial charge is 0.499 e. The van der Waals surface area contributed by atoms with Gasteiger partial charge in [-0.1, -0.05) is 100 Å². The number of nitrogen functional groups attached to an aromatic ring is 3. The Kier molecular flexibility index (Phi) is 34.5. The molecule has 4 saturated heterocycles. The molecule has 4 aliphatic rings. The molecule has 6 atom stereocenters. The minimum absolute atomic E-state index is 0. The summed E-state index contributed by atoms with van der Waals surface area (Å²) in [5.41, 5.74) is 19.5. The lowest BCUT2D eigenvalue weighted by molar-refractivity contribution is -0.128. The predicted molar refractivity (Wildman–Crippen MR) is 563 cm³/mol. The first-order chi connectivity index (χ1) is 66.5. The number of piperazine rings is 3. The Morgan fingerprint density at radius 2 is 0.752 bits per heavy atom. The number of pyridine rings is 6. The fourth-order valence-electron chi connectivity index (χ4n) is 17.9. The van der Waals surface area contributed by atoms with Gasteiger partial charge < -0.3 is 65.4 Å². The number of nitrogens with two attached hydrogens (primary N) is 3. The zero-order valence-electron chi connectivity index (χ0n) is 84.7. The highest BCUT2D eigenvalue weighted by molar-refractivity contribution is 6.64. The van der Waals surface area contributed by atoms with E-state index in [0.717, 1.165) is 16.7 Å². The molecule has 31 nitrogen and oxygen atoms in total. The Labute approximate surface area is 848 Å². The lowest BCUT2D eigenvalue weighted by Gasteiger charge is -2.44. The van der Waals surface area contributed by atoms with Crippen LogP contribution in [-0.2, 0) is 23.6 Å². The van der Waals surface area contributed by atoms with Gasteiger partial charge in [0, 0.05) is 117 Å². The van der Waals surface area contributed by atoms with Gasteiger partial charge in [-0.3, -0.25) is 19.7 Å². The molecule has 39 heteroatoms. The molecule has 0 unspecified atom stereocenters. The summed E-state index contributed by atoms with van der Waals surface area (Å²) in [5.74, 6) is -3.86. The lowest BCUT2D eigenvalue weighted by atomic mass is 9.77. The fraction of sp³-hybridized carbons (Fsp3) is 0.443. The normalized spacial score (nSPS) is 17.7. The molecule has 13 heterocycles. The summed E-state index contributed by atoms with van der Waals surface area (Å²) < 4.78 is 117. The number of nitrogens with zero attached hydrogens (tertiary/aromatic N) is 18. The number of anilines is 6. The molecule has 0 aliphatic carbocycles. The molecule has 3 aromatic carbocycles. The second-order valence-electron chi connectivity index (χ2n) is 40.5. The first kappa shape index (κ1) is 113. The summed E-state index contributed by atoms with van der Waals surface area (Å²) in [5, 5.41) is 0.501. The van der Waals surface area contributed by atoms with Crippen LogP contribution in [0.3, 0.4) is 0 Å². The third kappa shape index (κ3) is 23.0. The average molecular weight is 2020 g/mol. The Morgan fingerprint density at radius 1 is 0.448 bits per heavy atom. The minimum Gasteiger partial charge on any atom is -0.444 e. The minimum atomic E-state index is -0.826. The quantitative estimate of drug-likeness (QED) is 0.0317. The van der Waals surface area contributed by atoms with Gasteiger partial charge in [-0.2, -0.15) is 15.0 Å². The van der Waals surface area contributed by atoms with Gasteiger partial charge in [0.05, 0.1) is 72.6 Å². The number of fused-ring (bicyclic) bond motifs is 3. The van der Waals surface area contributed by atoms with E-state index in [0.29, 0.717) is 83.8 Å². The maximum Gasteiger partial charge on any atom is 0.499 e. The maximum atomic E-state index is 16.0. The van der Waals surface area contributed by atoms with Gasteiger partial charge in [-0.05, 0) is 245 Å². The molecule has 6 N–H and O–H groups in total. The summed E-state index contributed by atoms with van der Waals surface area (Å²) in [6.45, 7) is 52.8. The van der Waals surface area contributed by atoms with Gasteiger partial charge in [0.1, 0.15) is 57.5 Å². The van der Waals surface area contributed by atoms with Gasteiger partial charge in [0.2, 0.25) is 5.91 Å². The van der Waals surface area contributed by atoms with Crippen molar-refractivity contribution in [2.75, 3.05) is 71.2 Å². The number of hydrogen-bond donors (Lipinski definition) is 3. The second-order valence-corrected chi connectivity index (χ2v) is 40.8. The number of benzene rings is 3. The highest BCUT2D eigenvalue weighted by Crippen LogP contribution is 2.43. The second kappa shape index (κ2) is 44.1. The van der Waals surface area contributed by atoms with E-state index in [4.69, 9.17) is 47.6 Å². The number of aryl methyl sites for hydroxylation is 3. The molecular weight excluding hydrogens is 1890 g/mol. The van der Waals surface area contributed by atoms with Crippen LogP contribution in [0.5, 0.6) is 0 Å². The monoisotopic (exact) mass is 2020 g/mol. The van der Waals surface area contributed by atoms with E-state index >= 15 is 17.6 Å². The summed E-state index contributed by atoms with van der Waals surface area (Å²) in [6, 6.07) is 20.1. The van der Waals surface area contributed by atoms with Crippen LogP contribution in [0.4, 0.5) is 70.4 Å². The number of halogens is 7. The number of aromatic nitrogens is 12. The van der Waals surface area contributed by atoms with Crippen molar-refractivity contribution in [3.05, 3.63) is 228 Å². The van der Waals surface area contributed by atoms with E-state index in [-0.39, 0.29) is 173 Å². The first-order valence-electron chi connectivity index (χ1n) is 47.1. The van der Waals surface area contributed by atoms with Crippen molar-refractivity contribution in [1.82, 2.24) is 73.3 Å². The van der Waals surface area contributed by atoms with E-state index in [1.54, 1.807) is 84.4 Å². The smallest absolute Gasteiger partial charge is 0.444 e. The van der Waals surface area contributed by atoms with Gasteiger partial charge in [0.15, 0.2) is 39.5 Å². The Hall–Kier alpha value is -13.6. The number of carbonyl (C=O) groups is 3. The zero-order valence-corrected chi connectivity index (χ0v) is 85.5. The molecule has 0 saturated carbocycles. The van der Waals surface area contributed by atoms with E-state index < -0.39 is 93.7 Å². The Morgan fingerprint density at radius 3 is 1.06 bits per heavy atom. The molecule has 3 amide bonds. The topological polar surface area (TPSA) is 368 Å². The van der Waals surface area contributed by atoms with Gasteiger partial charge in [-0.15, -0.1) is 0 Å². The van der Waals surface area contributed by atoms with Crippen molar-refractivity contribution in [3.8, 4) is 39.6 Å². The third-order valence-electron chi connectivity index (χ3n) is 25.8. The first-order valence-corrected chi connectivity index (χ1v) is 47.5. The van der Waals surface area contributed by atoms with Gasteiger partial charge in [0.25, 0.3) is 0 Å². The van der Waals surface area contributed by atoms with Crippen molar-refractivity contribution in [2.45, 2.75) is 272 Å². The number of amides is 3. The van der Waals surface area contributed by atoms with Crippen LogP contribution in [-0.4, -0.2) is 196 Å². The number of ether oxygens (including phenoxy) is 2. The summed E-state index contributed by atoms with van der Waals surface area (Å²) >= 11 is 6.13. The molecule has 16 rings (SSSR count). The third-order valence-corrected chi connectivity index (χ3v) is 26.0. The fourth-order valence-corrected chi connectivity index (χ4v) is 18.1. The maximum absolute atomic E-state index is 16.0. The molecule has 0 spiro atoms. The average Bonchev–Trinajstić information content (AvgIpc) is 1.02. The highest BCUT2D eigenvalue weighted by atomic mass is 35.5. The van der Waals surface area contributed by atoms with Crippen molar-refractivity contribution < 1.29 is 59.5 Å². The molecule has 776 valence electrons. The predicted octanol–water partition coefficient (Wildman–Crippen LogP) is 19.6. The van der Waals surface area contributed by atoms with E-state index in [1.807, 2.05) is 167 Å². The van der Waals surface area contributed by atoms with Crippen molar-refractivity contribution in [2.24, 2.45) is 0 Å². The number of hydrogen-bond acceptors (Lipinski definition) is 25. The summed E-state index contributed by atoms with van der Waals surface area (Å²) in [4.78, 5) is 131. The molecule has 4 aliphatic heterocycles. The molecule has 0 bridgehead atoms. The number of carbonyl (C=O) groups excluding carboxylic acids is 3. The van der Waals surface area contributed by atoms with E-state index in [2.05, 4.69) is 51.4 Å². The molecule has 145 heavy (non-hydrogen) atoms. The standard InChI is InChI=1S/C33H39F2N7O3.C31H33F2N7O2.C27H34ClFN6O3.C12H17BFNO2.3CH4/c1-17(2)26-28(18(3)12-13-37-26)42-30-21(14-23(35)27(38-30)25-22(34)10-9-11-24(25)36)29(39-31(42)43)40-15-20(5)41(16-19(40)4)32(44)45-33(6,7)8;1-7-24(41)38-14-19(6)39(15-18(38)5)29-20-13-22(33)27(25-21(32)9-8-10-23(25)34)36-30(20)40(31(42)37-29)28-17(4)11-12-35-26(28)16(2)3;1-14(2)20-21(15(3)9-10-30-20)35-24-18(11-19(29)22(28)31-24)23(32-25(35)36)33-12-17(5)34(13-16(33)4)26(37)38-27(6,7)8;1-11(2)12(3,4)17-13(16-11)10-8(14)6-5-7-9(10)15;;;/h9-14,17,19-20H,15-16,36H2,1-8H3;7-13,16,18-19H,1,14-15,34H2,2-6H3;9-11,14,16-17H,12-13H2,1-8H3;5-7H,15H2,1-4H3;3*1H4/t19-,20+;18-,19+;16-,17+;;;;/m010..../s1. The van der Waals surface area contributed by atoms with Crippen LogP contribution >= 0.6 is 11.6 Å². The van der Waals surface area contributed by atoms with Crippen LogP contribution in [0.15, 0.2) is 137 Å². The highest BCUT2D eigenvalue weighted by Gasteiger charge is 2.53. The van der Waals surface area contributed by atoms with Crippen LogP contribution in [0.1, 0.15) is 226 Å². The van der Waals surface area contributed by atoms with Crippen molar-refractivity contribution in [3.63, 3.8) is 0 Å². The van der Waals surface area contributed by atoms with Crippen molar-refractivity contribution >= 4 is 110 Å². The lowest BCUT2D eigenvalue weighted by Crippen LogP contribution is -2.59. The van der Waals surface area contributed by atoms with Crippen LogP contribution < -0.4 is 54.4 Å². The SMILES string of the molecule is C.C.C.C=CC(=O)N1C[C@H](C)N(c2nc(=O)n(-c3c(C)ccnc3C(C)C)c3nc(-c4c(N)cccc4F)c(F)cc23)C[C@H]1C.CC1(C)OB(c2c(N)cccc2F)OC1(C)C.Cc1ccnc(C(C)C)c1-n1c(=O)nc(N2C[C@@H](C)N(C(=O)OC(C)(C)C)C[C@@H]2C)c2cc(F)c(-c3c(N)cccc3F)nc21.Cc1ccnc(C(C)C)c1-n1c(=O)nc(N2C[C@@H](C)N(C(=O)OC(C)(C)C)C[C@@H]2C)c2cc(F)c(Cl)nc21. The van der Waals surface area contributed by atoms with Gasteiger partial charge >= 0.3 is 36.4 Å². The Bertz CT molecular complexity index is 7040. The Balaban J connectivity index is 0.000000204. The molecule has 4 fully saturated rings. The molecule has 9 aromatic heterocycles. The molecule has 12 aromatic rings. The summed E-state index contributed by atoms with van der Waals surface area (Å²) in [7, 11) is -0.749. The van der Waals surface area contributed by atoms with E-state index in [1.165, 1.54) is 80.4 Å². The van der Waals surface area contributed by atoms with Crippen molar-refractivity contribution in [1.29, 1.82) is 0 Å². The molecular formula is C106H135BClF6N21O10. The summed E-state index contributed by atoms with van der Waals surface area (Å²) in [6.07, 6.45) is 5.44.